The molecule has 0 amide bonds. The molecule has 2 heterocycles. The lowest BCUT2D eigenvalue weighted by Crippen LogP contribution is -2.48. The molecule has 2 fully saturated rings. The van der Waals surface area contributed by atoms with Crippen LogP contribution < -0.4 is 0 Å². The molecule has 7 nitrogen and oxygen atoms in total. The lowest BCUT2D eigenvalue weighted by atomic mass is 10.1. The third kappa shape index (κ3) is 3.35. The van der Waals surface area contributed by atoms with Crippen molar-refractivity contribution in [1.82, 2.24) is 0 Å². The van der Waals surface area contributed by atoms with Crippen LogP contribution in [0.15, 0.2) is 0 Å². The van der Waals surface area contributed by atoms with Crippen molar-refractivity contribution >= 4 is 0 Å². The molecule has 0 saturated carbocycles. The van der Waals surface area contributed by atoms with Gasteiger partial charge in [-0.1, -0.05) is 0 Å². The zero-order chi connectivity index (χ0) is 12.4. The van der Waals surface area contributed by atoms with Gasteiger partial charge in [-0.25, -0.2) is 0 Å². The third-order valence-corrected chi connectivity index (χ3v) is 2.89. The van der Waals surface area contributed by atoms with E-state index in [-0.39, 0.29) is 26.1 Å². The van der Waals surface area contributed by atoms with Crippen LogP contribution in [0.25, 0.3) is 0 Å². The van der Waals surface area contributed by atoms with E-state index in [0.717, 1.165) is 0 Å². The lowest BCUT2D eigenvalue weighted by molar-refractivity contribution is -0.286. The highest BCUT2D eigenvalue weighted by molar-refractivity contribution is 4.77. The largest absolute Gasteiger partial charge is 0.391 e. The van der Waals surface area contributed by atoms with E-state index in [1.807, 2.05) is 0 Å². The molecule has 0 aromatic carbocycles. The molecule has 0 radical (unpaired) electrons. The Morgan fingerprint density at radius 3 is 2.29 bits per heavy atom. The van der Waals surface area contributed by atoms with Crippen LogP contribution in [0.1, 0.15) is 12.8 Å². The average Bonchev–Trinajstić information content (AvgIpc) is 2.27. The average molecular weight is 250 g/mol. The summed E-state index contributed by atoms with van der Waals surface area (Å²) in [5.41, 5.74) is 0. The van der Waals surface area contributed by atoms with Crippen LogP contribution in [-0.2, 0) is 14.2 Å². The van der Waals surface area contributed by atoms with Gasteiger partial charge in [0, 0.05) is 12.8 Å². The first-order chi connectivity index (χ1) is 8.06. The van der Waals surface area contributed by atoms with Crippen LogP contribution in [0.5, 0.6) is 0 Å². The zero-order valence-electron chi connectivity index (χ0n) is 9.31. The predicted molar refractivity (Wildman–Crippen MR) is 53.8 cm³/mol. The van der Waals surface area contributed by atoms with E-state index in [0.29, 0.717) is 0 Å². The second-order valence-corrected chi connectivity index (χ2v) is 4.44. The molecule has 2 aliphatic rings. The third-order valence-electron chi connectivity index (χ3n) is 2.89. The van der Waals surface area contributed by atoms with Gasteiger partial charge in [0.1, 0.15) is 12.2 Å². The van der Waals surface area contributed by atoms with Crippen molar-refractivity contribution in [3.05, 3.63) is 0 Å². The second kappa shape index (κ2) is 5.57. The molecule has 0 bridgehead atoms. The number of ether oxygens (including phenoxy) is 3. The SMILES string of the molecule is OC1CC(O[C@@H]2OC[C@H](O)CC2O)COC1O. The Labute approximate surface area is 98.5 Å². The molecule has 0 aromatic heterocycles. The molecule has 6 atom stereocenters. The normalized spacial score (nSPS) is 48.0. The van der Waals surface area contributed by atoms with Gasteiger partial charge in [0.25, 0.3) is 0 Å². The second-order valence-electron chi connectivity index (χ2n) is 4.44. The number of hydrogen-bond donors (Lipinski definition) is 4. The molecular weight excluding hydrogens is 232 g/mol. The van der Waals surface area contributed by atoms with Crippen LogP contribution in [-0.4, -0.2) is 70.6 Å². The topological polar surface area (TPSA) is 109 Å². The molecule has 0 spiro atoms. The molecule has 2 aliphatic heterocycles. The summed E-state index contributed by atoms with van der Waals surface area (Å²) in [6, 6.07) is 0. The van der Waals surface area contributed by atoms with Crippen LogP contribution in [0, 0.1) is 0 Å². The van der Waals surface area contributed by atoms with E-state index in [4.69, 9.17) is 19.3 Å². The minimum absolute atomic E-state index is 0.112. The van der Waals surface area contributed by atoms with E-state index in [1.54, 1.807) is 0 Å². The minimum Gasteiger partial charge on any atom is -0.391 e. The van der Waals surface area contributed by atoms with E-state index in [2.05, 4.69) is 0 Å². The Kier molecular flexibility index (Phi) is 4.31. The van der Waals surface area contributed by atoms with Crippen molar-refractivity contribution in [1.29, 1.82) is 0 Å². The predicted octanol–water partition coefficient (Wildman–Crippen LogP) is -2.06. The van der Waals surface area contributed by atoms with Gasteiger partial charge in [-0.05, 0) is 0 Å². The molecule has 4 unspecified atom stereocenters. The fourth-order valence-corrected chi connectivity index (χ4v) is 1.96. The van der Waals surface area contributed by atoms with Crippen molar-refractivity contribution < 1.29 is 34.6 Å². The van der Waals surface area contributed by atoms with Crippen LogP contribution in [0.3, 0.4) is 0 Å². The fourth-order valence-electron chi connectivity index (χ4n) is 1.96. The molecule has 17 heavy (non-hydrogen) atoms. The standard InChI is InChI=1S/C10H18O7/c11-5-1-8(13)10(16-3-5)17-6-2-7(12)9(14)15-4-6/h5-14H,1-4H2/t5-,6?,7?,8?,9?,10+/m1/s1. The Morgan fingerprint density at radius 2 is 1.65 bits per heavy atom. The van der Waals surface area contributed by atoms with E-state index < -0.39 is 37.0 Å². The van der Waals surface area contributed by atoms with Crippen LogP contribution >= 0.6 is 0 Å². The molecule has 4 N–H and O–H groups in total. The molecule has 7 heteroatoms. The van der Waals surface area contributed by atoms with Crippen molar-refractivity contribution in [2.45, 2.75) is 49.8 Å². The highest BCUT2D eigenvalue weighted by Gasteiger charge is 2.35. The first-order valence-electron chi connectivity index (χ1n) is 5.67. The highest BCUT2D eigenvalue weighted by atomic mass is 16.7. The van der Waals surface area contributed by atoms with Gasteiger partial charge in [-0.15, -0.1) is 0 Å². The fraction of sp³-hybridized carbons (Fsp3) is 1.00. The Bertz CT molecular complexity index is 249. The molecule has 2 saturated heterocycles. The smallest absolute Gasteiger partial charge is 0.184 e. The van der Waals surface area contributed by atoms with Gasteiger partial charge >= 0.3 is 0 Å². The van der Waals surface area contributed by atoms with Crippen molar-refractivity contribution in [3.8, 4) is 0 Å². The maximum absolute atomic E-state index is 9.63. The Hall–Kier alpha value is -0.280. The van der Waals surface area contributed by atoms with Gasteiger partial charge in [-0.3, -0.25) is 0 Å². The summed E-state index contributed by atoms with van der Waals surface area (Å²) >= 11 is 0. The maximum Gasteiger partial charge on any atom is 0.184 e. The summed E-state index contributed by atoms with van der Waals surface area (Å²) in [6.07, 6.45) is -4.62. The number of hydrogen-bond acceptors (Lipinski definition) is 7. The summed E-state index contributed by atoms with van der Waals surface area (Å²) in [6.45, 7) is 0.244. The zero-order valence-corrected chi connectivity index (χ0v) is 9.31. The maximum atomic E-state index is 9.63. The number of aliphatic hydroxyl groups excluding tert-OH is 4. The Morgan fingerprint density at radius 1 is 0.882 bits per heavy atom. The van der Waals surface area contributed by atoms with Crippen LogP contribution in [0.2, 0.25) is 0 Å². The molecule has 100 valence electrons. The van der Waals surface area contributed by atoms with Crippen LogP contribution in [0.4, 0.5) is 0 Å². The number of aliphatic hydroxyl groups is 4. The van der Waals surface area contributed by atoms with Crippen molar-refractivity contribution in [3.63, 3.8) is 0 Å². The monoisotopic (exact) mass is 250 g/mol. The van der Waals surface area contributed by atoms with E-state index in [1.165, 1.54) is 0 Å². The minimum atomic E-state index is -1.19. The summed E-state index contributed by atoms with van der Waals surface area (Å²) in [4.78, 5) is 0. The quantitative estimate of drug-likeness (QED) is 0.446. The van der Waals surface area contributed by atoms with Gasteiger partial charge in [0.2, 0.25) is 0 Å². The molecular formula is C10H18O7. The van der Waals surface area contributed by atoms with Gasteiger partial charge in [0.15, 0.2) is 12.6 Å². The van der Waals surface area contributed by atoms with E-state index in [9.17, 15) is 15.3 Å². The summed E-state index contributed by atoms with van der Waals surface area (Å²) in [5.74, 6) is 0. The van der Waals surface area contributed by atoms with Gasteiger partial charge in [-0.2, -0.15) is 0 Å². The highest BCUT2D eigenvalue weighted by Crippen LogP contribution is 2.21. The Balaban J connectivity index is 1.81. The van der Waals surface area contributed by atoms with E-state index >= 15 is 0 Å². The van der Waals surface area contributed by atoms with Gasteiger partial charge < -0.3 is 34.6 Å². The first kappa shape index (κ1) is 13.2. The molecule has 0 aromatic rings. The van der Waals surface area contributed by atoms with Gasteiger partial charge in [0.05, 0.1) is 25.4 Å². The number of rotatable bonds is 2. The molecule has 0 aliphatic carbocycles. The first-order valence-corrected chi connectivity index (χ1v) is 5.67. The summed E-state index contributed by atoms with van der Waals surface area (Å²) in [5, 5.41) is 37.4. The summed E-state index contributed by atoms with van der Waals surface area (Å²) < 4.78 is 15.5. The molecule has 2 rings (SSSR count). The summed E-state index contributed by atoms with van der Waals surface area (Å²) in [7, 11) is 0. The lowest BCUT2D eigenvalue weighted by Gasteiger charge is -2.36. The van der Waals surface area contributed by atoms with Crippen molar-refractivity contribution in [2.24, 2.45) is 0 Å². The van der Waals surface area contributed by atoms with Crippen molar-refractivity contribution in [2.75, 3.05) is 13.2 Å².